The van der Waals surface area contributed by atoms with E-state index < -0.39 is 18.3 Å². The van der Waals surface area contributed by atoms with Crippen molar-refractivity contribution in [3.63, 3.8) is 0 Å². The first-order valence-electron chi connectivity index (χ1n) is 11.2. The van der Waals surface area contributed by atoms with Crippen LogP contribution < -0.4 is 5.46 Å². The second-order valence-corrected chi connectivity index (χ2v) is 9.88. The van der Waals surface area contributed by atoms with E-state index in [4.69, 9.17) is 18.8 Å². The number of fused-ring (bicyclic) bond motifs is 1. The van der Waals surface area contributed by atoms with Crippen molar-refractivity contribution < 1.29 is 23.6 Å². The normalized spacial score (nSPS) is 22.1. The summed E-state index contributed by atoms with van der Waals surface area (Å²) in [5.41, 5.74) is 2.74. The van der Waals surface area contributed by atoms with Crippen LogP contribution in [0.4, 0.5) is 0 Å². The van der Waals surface area contributed by atoms with Crippen LogP contribution in [-0.2, 0) is 18.8 Å². The van der Waals surface area contributed by atoms with Gasteiger partial charge in [0.05, 0.1) is 23.9 Å². The molecule has 2 saturated heterocycles. The molecular weight excluding hydrogens is 393 g/mol. The van der Waals surface area contributed by atoms with Crippen molar-refractivity contribution >= 4 is 29.5 Å². The van der Waals surface area contributed by atoms with Crippen LogP contribution in [0.25, 0.3) is 10.9 Å². The Morgan fingerprint density at radius 3 is 2.35 bits per heavy atom. The molecule has 31 heavy (non-hydrogen) atoms. The van der Waals surface area contributed by atoms with E-state index >= 15 is 0 Å². The lowest BCUT2D eigenvalue weighted by Gasteiger charge is -2.32. The Kier molecular flexibility index (Phi) is 5.73. The molecule has 2 aromatic rings. The summed E-state index contributed by atoms with van der Waals surface area (Å²) in [7, 11) is 0.990. The van der Waals surface area contributed by atoms with Gasteiger partial charge in [0, 0.05) is 35.9 Å². The largest absolute Gasteiger partial charge is 0.494 e. The Morgan fingerprint density at radius 1 is 1.16 bits per heavy atom. The van der Waals surface area contributed by atoms with Gasteiger partial charge in [0.25, 0.3) is 0 Å². The SMILES string of the molecule is COC(=O)c1c(C)n(C(C)C2CCOCC2)c2cc(B3OC(C)(C)C(C)(C)O3)ccc12. The van der Waals surface area contributed by atoms with E-state index in [1.807, 2.05) is 19.1 Å². The highest BCUT2D eigenvalue weighted by Crippen LogP contribution is 2.38. The van der Waals surface area contributed by atoms with E-state index in [0.29, 0.717) is 11.5 Å². The van der Waals surface area contributed by atoms with E-state index in [0.717, 1.165) is 48.1 Å². The summed E-state index contributed by atoms with van der Waals surface area (Å²) in [6, 6.07) is 6.35. The van der Waals surface area contributed by atoms with Gasteiger partial charge in [0.2, 0.25) is 0 Å². The van der Waals surface area contributed by atoms with Crippen LogP contribution in [0.15, 0.2) is 18.2 Å². The monoisotopic (exact) mass is 427 g/mol. The lowest BCUT2D eigenvalue weighted by atomic mass is 9.78. The summed E-state index contributed by atoms with van der Waals surface area (Å²) in [4.78, 5) is 12.7. The van der Waals surface area contributed by atoms with Crippen LogP contribution in [-0.4, -0.2) is 49.2 Å². The summed E-state index contributed by atoms with van der Waals surface area (Å²) in [6.07, 6.45) is 2.04. The molecule has 6 nitrogen and oxygen atoms in total. The topological polar surface area (TPSA) is 58.9 Å². The van der Waals surface area contributed by atoms with Crippen molar-refractivity contribution in [2.75, 3.05) is 20.3 Å². The fraction of sp³-hybridized carbons (Fsp3) is 0.625. The Balaban J connectivity index is 1.82. The molecule has 0 aliphatic carbocycles. The number of hydrogen-bond acceptors (Lipinski definition) is 5. The minimum absolute atomic E-state index is 0.235. The van der Waals surface area contributed by atoms with Gasteiger partial charge in [-0.25, -0.2) is 4.79 Å². The van der Waals surface area contributed by atoms with Gasteiger partial charge in [-0.3, -0.25) is 0 Å². The molecule has 1 aromatic heterocycles. The van der Waals surface area contributed by atoms with Crippen LogP contribution >= 0.6 is 0 Å². The third kappa shape index (κ3) is 3.71. The number of esters is 1. The number of methoxy groups -OCH3 is 1. The molecule has 0 radical (unpaired) electrons. The first-order chi connectivity index (χ1) is 14.6. The van der Waals surface area contributed by atoms with Crippen LogP contribution in [0.2, 0.25) is 0 Å². The predicted molar refractivity (Wildman–Crippen MR) is 122 cm³/mol. The maximum Gasteiger partial charge on any atom is 0.494 e. The third-order valence-corrected chi connectivity index (χ3v) is 7.54. The Hall–Kier alpha value is -1.83. The number of carbonyl (C=O) groups excluding carboxylic acids is 1. The Morgan fingerprint density at radius 2 is 1.77 bits per heavy atom. The number of aromatic nitrogens is 1. The number of carbonyl (C=O) groups is 1. The minimum atomic E-state index is -0.446. The fourth-order valence-electron chi connectivity index (χ4n) is 4.87. The van der Waals surface area contributed by atoms with Gasteiger partial charge in [-0.2, -0.15) is 0 Å². The number of rotatable bonds is 4. The van der Waals surface area contributed by atoms with Gasteiger partial charge in [-0.05, 0) is 71.8 Å². The Bertz CT molecular complexity index is 974. The molecule has 4 rings (SSSR count). The number of nitrogens with zero attached hydrogens (tertiary/aromatic N) is 1. The minimum Gasteiger partial charge on any atom is -0.465 e. The van der Waals surface area contributed by atoms with Crippen molar-refractivity contribution in [3.05, 3.63) is 29.5 Å². The molecule has 3 heterocycles. The molecule has 2 aliphatic heterocycles. The molecule has 0 saturated carbocycles. The van der Waals surface area contributed by atoms with E-state index in [9.17, 15) is 4.79 Å². The summed E-state index contributed by atoms with van der Waals surface area (Å²) in [5, 5.41) is 0.906. The molecule has 1 aromatic carbocycles. The van der Waals surface area contributed by atoms with Crippen LogP contribution in [0.5, 0.6) is 0 Å². The zero-order valence-corrected chi connectivity index (χ0v) is 19.8. The highest BCUT2D eigenvalue weighted by Gasteiger charge is 2.51. The summed E-state index contributed by atoms with van der Waals surface area (Å²) in [5.74, 6) is 0.192. The molecule has 2 aliphatic rings. The van der Waals surface area contributed by atoms with Gasteiger partial charge in [-0.15, -0.1) is 0 Å². The molecule has 168 valence electrons. The molecule has 2 fully saturated rings. The van der Waals surface area contributed by atoms with Gasteiger partial charge in [0.1, 0.15) is 0 Å². The average Bonchev–Trinajstić information content (AvgIpc) is 3.15. The smallest absolute Gasteiger partial charge is 0.465 e. The van der Waals surface area contributed by atoms with Crippen molar-refractivity contribution in [2.45, 2.75) is 71.6 Å². The van der Waals surface area contributed by atoms with Gasteiger partial charge in [-0.1, -0.05) is 12.1 Å². The zero-order chi connectivity index (χ0) is 22.6. The van der Waals surface area contributed by atoms with Gasteiger partial charge < -0.3 is 23.3 Å². The Labute approximate surface area is 185 Å². The second-order valence-electron chi connectivity index (χ2n) is 9.88. The standard InChI is InChI=1S/C24H34BNO5/c1-15(17-10-12-29-13-11-17)26-16(2)21(22(27)28-7)19-9-8-18(14-20(19)26)25-30-23(3,4)24(5,6)31-25/h8-9,14-15,17H,10-13H2,1-7H3. The maximum atomic E-state index is 12.7. The lowest BCUT2D eigenvalue weighted by molar-refractivity contribution is 0.00578. The third-order valence-electron chi connectivity index (χ3n) is 7.54. The first-order valence-corrected chi connectivity index (χ1v) is 11.2. The van der Waals surface area contributed by atoms with Crippen molar-refractivity contribution in [3.8, 4) is 0 Å². The summed E-state index contributed by atoms with van der Waals surface area (Å²) < 4.78 is 25.6. The van der Waals surface area contributed by atoms with Gasteiger partial charge >= 0.3 is 13.1 Å². The lowest BCUT2D eigenvalue weighted by Crippen LogP contribution is -2.41. The molecular formula is C24H34BNO5. The molecule has 0 amide bonds. The molecule has 0 bridgehead atoms. The van der Waals surface area contributed by atoms with E-state index in [1.165, 1.54) is 7.11 Å². The maximum absolute atomic E-state index is 12.7. The van der Waals surface area contributed by atoms with Gasteiger partial charge in [0.15, 0.2) is 0 Å². The highest BCUT2D eigenvalue weighted by molar-refractivity contribution is 6.62. The quantitative estimate of drug-likeness (QED) is 0.545. The van der Waals surface area contributed by atoms with Crippen molar-refractivity contribution in [1.82, 2.24) is 4.57 Å². The number of benzene rings is 1. The molecule has 0 spiro atoms. The van der Waals surface area contributed by atoms with Crippen LogP contribution in [0.1, 0.15) is 69.6 Å². The van der Waals surface area contributed by atoms with E-state index in [-0.39, 0.29) is 12.0 Å². The van der Waals surface area contributed by atoms with Crippen LogP contribution in [0, 0.1) is 12.8 Å². The van der Waals surface area contributed by atoms with E-state index in [2.05, 4.69) is 45.3 Å². The number of ether oxygens (including phenoxy) is 2. The number of hydrogen-bond donors (Lipinski definition) is 0. The molecule has 1 unspecified atom stereocenters. The summed E-state index contributed by atoms with van der Waals surface area (Å²) in [6.45, 7) is 14.1. The summed E-state index contributed by atoms with van der Waals surface area (Å²) >= 11 is 0. The van der Waals surface area contributed by atoms with Crippen molar-refractivity contribution in [1.29, 1.82) is 0 Å². The first kappa shape index (κ1) is 22.4. The van der Waals surface area contributed by atoms with Crippen molar-refractivity contribution in [2.24, 2.45) is 5.92 Å². The average molecular weight is 427 g/mol. The molecule has 7 heteroatoms. The molecule has 0 N–H and O–H groups in total. The van der Waals surface area contributed by atoms with E-state index in [1.54, 1.807) is 0 Å². The highest BCUT2D eigenvalue weighted by atomic mass is 16.7. The second kappa shape index (κ2) is 7.94. The zero-order valence-electron chi connectivity index (χ0n) is 19.8. The predicted octanol–water partition coefficient (Wildman–Crippen LogP) is 4.02. The van der Waals surface area contributed by atoms with Crippen LogP contribution in [0.3, 0.4) is 0 Å². The molecule has 1 atom stereocenters. The fourth-order valence-corrected chi connectivity index (χ4v) is 4.87.